The Bertz CT molecular complexity index is 889. The maximum Gasteiger partial charge on any atom is 0.266 e. The number of hydrogen-bond acceptors (Lipinski definition) is 5. The monoisotopic (exact) mass is 332 g/mol. The largest absolute Gasteiger partial charge is 0.271 e. The van der Waals surface area contributed by atoms with Crippen LogP contribution in [0.1, 0.15) is 18.1 Å². The lowest BCUT2D eigenvalue weighted by Gasteiger charge is -2.14. The van der Waals surface area contributed by atoms with E-state index in [1.807, 2.05) is 25.1 Å². The van der Waals surface area contributed by atoms with E-state index in [2.05, 4.69) is 11.2 Å². The normalized spacial score (nSPS) is 16.5. The first-order chi connectivity index (χ1) is 11.6. The number of benzene rings is 2. The fraction of sp³-hybridized carbons (Fsp3) is 0.111. The number of hydrogen-bond donors (Lipinski definition) is 0. The Labute approximate surface area is 143 Å². The summed E-state index contributed by atoms with van der Waals surface area (Å²) in [6, 6.07) is 18.0. The van der Waals surface area contributed by atoms with Crippen molar-refractivity contribution in [3.05, 3.63) is 59.7 Å². The molecular formula is C18H12N4OS. The Hall–Kier alpha value is -3.09. The second-order valence-corrected chi connectivity index (χ2v) is 6.36. The van der Waals surface area contributed by atoms with Crippen molar-refractivity contribution in [1.29, 1.82) is 10.5 Å². The molecule has 116 valence electrons. The zero-order valence-corrected chi connectivity index (χ0v) is 13.6. The summed E-state index contributed by atoms with van der Waals surface area (Å²) < 4.78 is 0. The van der Waals surface area contributed by atoms with Gasteiger partial charge < -0.3 is 0 Å². The van der Waals surface area contributed by atoms with E-state index in [1.54, 1.807) is 36.4 Å². The maximum atomic E-state index is 12.7. The van der Waals surface area contributed by atoms with Crippen LogP contribution in [-0.4, -0.2) is 16.9 Å². The molecule has 1 amide bonds. The van der Waals surface area contributed by atoms with Gasteiger partial charge >= 0.3 is 0 Å². The molecule has 6 heteroatoms. The SMILES string of the molecule is CC1=NN(c2ccc(C#N)cc2)C(=O)C1Sc1ccc(C#N)cc1. The third-order valence-corrected chi connectivity index (χ3v) is 4.87. The van der Waals surface area contributed by atoms with Gasteiger partial charge in [0.25, 0.3) is 5.91 Å². The molecule has 3 rings (SSSR count). The van der Waals surface area contributed by atoms with Gasteiger partial charge in [0.15, 0.2) is 0 Å². The average molecular weight is 332 g/mol. The van der Waals surface area contributed by atoms with Gasteiger partial charge in [-0.3, -0.25) is 4.79 Å². The van der Waals surface area contributed by atoms with Crippen molar-refractivity contribution >= 4 is 29.1 Å². The second kappa shape index (κ2) is 6.57. The Kier molecular flexibility index (Phi) is 4.33. The molecule has 0 spiro atoms. The van der Waals surface area contributed by atoms with Gasteiger partial charge in [0.1, 0.15) is 5.25 Å². The summed E-state index contributed by atoms with van der Waals surface area (Å²) in [7, 11) is 0. The van der Waals surface area contributed by atoms with Crippen LogP contribution in [0.25, 0.3) is 0 Å². The highest BCUT2D eigenvalue weighted by molar-refractivity contribution is 8.01. The molecule has 1 unspecified atom stereocenters. The van der Waals surface area contributed by atoms with Gasteiger partial charge in [0.05, 0.1) is 34.7 Å². The van der Waals surface area contributed by atoms with E-state index in [0.717, 1.165) is 10.6 Å². The summed E-state index contributed by atoms with van der Waals surface area (Å²) in [6.07, 6.45) is 0. The molecule has 0 N–H and O–H groups in total. The third kappa shape index (κ3) is 3.01. The lowest BCUT2D eigenvalue weighted by molar-refractivity contribution is -0.116. The lowest BCUT2D eigenvalue weighted by atomic mass is 10.2. The van der Waals surface area contributed by atoms with Crippen molar-refractivity contribution in [1.82, 2.24) is 0 Å². The molecule has 0 aliphatic carbocycles. The molecule has 0 fully saturated rings. The smallest absolute Gasteiger partial charge is 0.266 e. The van der Waals surface area contributed by atoms with Crippen molar-refractivity contribution in [3.8, 4) is 12.1 Å². The molecule has 24 heavy (non-hydrogen) atoms. The van der Waals surface area contributed by atoms with Crippen LogP contribution in [0.5, 0.6) is 0 Å². The molecule has 2 aromatic rings. The first-order valence-corrected chi connectivity index (χ1v) is 8.06. The molecule has 5 nitrogen and oxygen atoms in total. The molecule has 0 saturated heterocycles. The highest BCUT2D eigenvalue weighted by atomic mass is 32.2. The summed E-state index contributed by atoms with van der Waals surface area (Å²) in [4.78, 5) is 13.6. The third-order valence-electron chi connectivity index (χ3n) is 3.55. The second-order valence-electron chi connectivity index (χ2n) is 5.18. The Morgan fingerprint density at radius 2 is 1.54 bits per heavy atom. The van der Waals surface area contributed by atoms with Gasteiger partial charge in [-0.2, -0.15) is 20.6 Å². The fourth-order valence-corrected chi connectivity index (χ4v) is 3.27. The van der Waals surface area contributed by atoms with Crippen molar-refractivity contribution in [2.24, 2.45) is 5.10 Å². The van der Waals surface area contributed by atoms with E-state index in [9.17, 15) is 4.79 Å². The minimum absolute atomic E-state index is 0.119. The van der Waals surface area contributed by atoms with Gasteiger partial charge in [-0.05, 0) is 55.5 Å². The Balaban J connectivity index is 1.79. The first kappa shape index (κ1) is 15.8. The van der Waals surface area contributed by atoms with Crippen LogP contribution in [0.4, 0.5) is 5.69 Å². The predicted octanol–water partition coefficient (Wildman–Crippen LogP) is 3.31. The molecule has 1 heterocycles. The van der Waals surface area contributed by atoms with Gasteiger partial charge in [-0.25, -0.2) is 0 Å². The van der Waals surface area contributed by atoms with E-state index < -0.39 is 5.25 Å². The van der Waals surface area contributed by atoms with Crippen LogP contribution >= 0.6 is 11.8 Å². The topological polar surface area (TPSA) is 80.2 Å². The summed E-state index contributed by atoms with van der Waals surface area (Å²) in [5.74, 6) is -0.119. The quantitative estimate of drug-likeness (QED) is 0.863. The number of nitrogens with zero attached hydrogens (tertiary/aromatic N) is 4. The van der Waals surface area contributed by atoms with Crippen molar-refractivity contribution < 1.29 is 4.79 Å². The van der Waals surface area contributed by atoms with Gasteiger partial charge in [0.2, 0.25) is 0 Å². The van der Waals surface area contributed by atoms with Gasteiger partial charge in [-0.1, -0.05) is 0 Å². The number of nitriles is 2. The lowest BCUT2D eigenvalue weighted by Crippen LogP contribution is -2.28. The number of carbonyl (C=O) groups is 1. The molecule has 1 atom stereocenters. The van der Waals surface area contributed by atoms with Crippen LogP contribution in [0.3, 0.4) is 0 Å². The number of amides is 1. The summed E-state index contributed by atoms with van der Waals surface area (Å²) in [5, 5.41) is 23.0. The van der Waals surface area contributed by atoms with Crippen LogP contribution in [-0.2, 0) is 4.79 Å². The molecular weight excluding hydrogens is 320 g/mol. The number of carbonyl (C=O) groups excluding carboxylic acids is 1. The standard InChI is InChI=1S/C18H12N4OS/c1-12-17(24-16-8-4-14(11-20)5-9-16)18(23)22(21-12)15-6-2-13(10-19)3-7-15/h2-9,17H,1H3. The predicted molar refractivity (Wildman–Crippen MR) is 92.6 cm³/mol. The van der Waals surface area contributed by atoms with E-state index in [4.69, 9.17) is 10.5 Å². The van der Waals surface area contributed by atoms with Crippen LogP contribution in [0.15, 0.2) is 58.5 Å². The van der Waals surface area contributed by atoms with Crippen LogP contribution in [0, 0.1) is 22.7 Å². The molecule has 0 bridgehead atoms. The molecule has 1 aliphatic rings. The van der Waals surface area contributed by atoms with E-state index in [-0.39, 0.29) is 5.91 Å². The Morgan fingerprint density at radius 3 is 2.08 bits per heavy atom. The zero-order valence-electron chi connectivity index (χ0n) is 12.8. The summed E-state index contributed by atoms with van der Waals surface area (Å²) in [6.45, 7) is 1.82. The maximum absolute atomic E-state index is 12.7. The van der Waals surface area contributed by atoms with Crippen molar-refractivity contribution in [2.75, 3.05) is 5.01 Å². The molecule has 0 radical (unpaired) electrons. The fourth-order valence-electron chi connectivity index (χ4n) is 2.29. The highest BCUT2D eigenvalue weighted by Crippen LogP contribution is 2.32. The van der Waals surface area contributed by atoms with E-state index in [1.165, 1.54) is 16.8 Å². The number of hydrazone groups is 1. The Morgan fingerprint density at radius 1 is 1.00 bits per heavy atom. The van der Waals surface area contributed by atoms with Crippen LogP contribution in [0.2, 0.25) is 0 Å². The minimum atomic E-state index is -0.395. The van der Waals surface area contributed by atoms with E-state index >= 15 is 0 Å². The molecule has 2 aromatic carbocycles. The number of anilines is 1. The first-order valence-electron chi connectivity index (χ1n) is 7.18. The van der Waals surface area contributed by atoms with Crippen molar-refractivity contribution in [2.45, 2.75) is 17.1 Å². The van der Waals surface area contributed by atoms with Crippen LogP contribution < -0.4 is 5.01 Å². The average Bonchev–Trinajstić information content (AvgIpc) is 2.90. The number of rotatable bonds is 3. The van der Waals surface area contributed by atoms with E-state index in [0.29, 0.717) is 16.8 Å². The van der Waals surface area contributed by atoms with Gasteiger partial charge in [0, 0.05) is 4.90 Å². The van der Waals surface area contributed by atoms with Gasteiger partial charge in [-0.15, -0.1) is 11.8 Å². The highest BCUT2D eigenvalue weighted by Gasteiger charge is 2.35. The molecule has 0 saturated carbocycles. The number of thioether (sulfide) groups is 1. The summed E-state index contributed by atoms with van der Waals surface area (Å²) in [5.41, 5.74) is 2.48. The minimum Gasteiger partial charge on any atom is -0.271 e. The molecule has 1 aliphatic heterocycles. The molecule has 0 aromatic heterocycles. The van der Waals surface area contributed by atoms with Crippen molar-refractivity contribution in [3.63, 3.8) is 0 Å². The summed E-state index contributed by atoms with van der Waals surface area (Å²) >= 11 is 1.41. The zero-order chi connectivity index (χ0) is 17.1.